The Morgan fingerprint density at radius 1 is 1.29 bits per heavy atom. The first-order chi connectivity index (χ1) is 10.1. The van der Waals surface area contributed by atoms with E-state index in [4.69, 9.17) is 21.1 Å². The highest BCUT2D eigenvalue weighted by Crippen LogP contribution is 2.38. The number of hydrogen-bond acceptors (Lipinski definition) is 4. The van der Waals surface area contributed by atoms with Crippen molar-refractivity contribution >= 4 is 33.2 Å². The topological polar surface area (TPSA) is 43.4 Å². The van der Waals surface area contributed by atoms with Gasteiger partial charge in [0.2, 0.25) is 0 Å². The van der Waals surface area contributed by atoms with Gasteiger partial charge in [-0.3, -0.25) is 0 Å². The predicted octanol–water partition coefficient (Wildman–Crippen LogP) is 4.19. The number of ether oxygens (including phenoxy) is 2. The van der Waals surface area contributed by atoms with Crippen LogP contribution in [0.5, 0.6) is 11.5 Å². The third kappa shape index (κ3) is 3.24. The van der Waals surface area contributed by atoms with Crippen molar-refractivity contribution < 1.29 is 9.47 Å². The molecule has 2 aromatic rings. The zero-order valence-electron chi connectivity index (χ0n) is 11.5. The molecule has 0 amide bonds. The molecule has 21 heavy (non-hydrogen) atoms. The van der Waals surface area contributed by atoms with E-state index < -0.39 is 0 Å². The summed E-state index contributed by atoms with van der Waals surface area (Å²) < 4.78 is 12.1. The summed E-state index contributed by atoms with van der Waals surface area (Å²) in [5.74, 6) is 1.55. The average Bonchev–Trinajstić information content (AvgIpc) is 2.46. The van der Waals surface area contributed by atoms with Gasteiger partial charge in [0.25, 0.3) is 0 Å². The first kappa shape index (κ1) is 14.5. The molecule has 0 bridgehead atoms. The molecule has 0 aliphatic carbocycles. The lowest BCUT2D eigenvalue weighted by molar-refractivity contribution is 0.170. The van der Waals surface area contributed by atoms with E-state index in [0.717, 1.165) is 32.9 Å². The van der Waals surface area contributed by atoms with E-state index >= 15 is 0 Å². The van der Waals surface area contributed by atoms with Crippen LogP contribution in [0.1, 0.15) is 11.3 Å². The van der Waals surface area contributed by atoms with E-state index in [1.807, 2.05) is 25.1 Å². The Hall–Kier alpha value is -1.46. The van der Waals surface area contributed by atoms with Crippen LogP contribution in [0.15, 0.2) is 28.7 Å². The summed E-state index contributed by atoms with van der Waals surface area (Å²) in [4.78, 5) is 4.22. The van der Waals surface area contributed by atoms with Gasteiger partial charge < -0.3 is 14.8 Å². The summed E-state index contributed by atoms with van der Waals surface area (Å²) in [5.41, 5.74) is 2.94. The minimum atomic E-state index is 0.500. The number of anilines is 1. The largest absolute Gasteiger partial charge is 0.486 e. The van der Waals surface area contributed by atoms with Crippen LogP contribution in [0, 0.1) is 6.92 Å². The second-order valence-corrected chi connectivity index (χ2v) is 5.96. The van der Waals surface area contributed by atoms with E-state index in [0.29, 0.717) is 24.9 Å². The molecule has 0 spiro atoms. The van der Waals surface area contributed by atoms with Crippen LogP contribution in [0.3, 0.4) is 0 Å². The summed E-state index contributed by atoms with van der Waals surface area (Å²) >= 11 is 9.38. The summed E-state index contributed by atoms with van der Waals surface area (Å²) in [6.07, 6.45) is 0. The number of halogens is 2. The molecule has 6 heteroatoms. The number of rotatable bonds is 3. The number of nitrogens with zero attached hydrogens (tertiary/aromatic N) is 1. The van der Waals surface area contributed by atoms with E-state index in [1.165, 1.54) is 0 Å². The van der Waals surface area contributed by atoms with E-state index in [-0.39, 0.29) is 0 Å². The van der Waals surface area contributed by atoms with Gasteiger partial charge in [0, 0.05) is 6.54 Å². The van der Waals surface area contributed by atoms with Gasteiger partial charge in [0.05, 0.1) is 15.9 Å². The number of pyridine rings is 1. The lowest BCUT2D eigenvalue weighted by Gasteiger charge is -2.20. The molecular weight excluding hydrogens is 356 g/mol. The number of hydrogen-bond donors (Lipinski definition) is 1. The molecule has 3 rings (SSSR count). The van der Waals surface area contributed by atoms with Crippen molar-refractivity contribution in [2.24, 2.45) is 0 Å². The first-order valence-corrected chi connectivity index (χ1v) is 7.75. The highest BCUT2D eigenvalue weighted by atomic mass is 79.9. The fraction of sp³-hybridized carbons (Fsp3) is 0.267. The molecule has 0 saturated heterocycles. The van der Waals surface area contributed by atoms with Gasteiger partial charge in [-0.1, -0.05) is 11.6 Å². The van der Waals surface area contributed by atoms with Gasteiger partial charge >= 0.3 is 0 Å². The minimum Gasteiger partial charge on any atom is -0.486 e. The molecule has 110 valence electrons. The Bertz CT molecular complexity index is 679. The molecular formula is C15H14BrClN2O2. The summed E-state index contributed by atoms with van der Waals surface area (Å²) in [6, 6.07) is 7.72. The molecule has 1 aromatic heterocycles. The van der Waals surface area contributed by atoms with Crippen molar-refractivity contribution in [3.8, 4) is 11.5 Å². The normalized spacial score (nSPS) is 13.1. The highest BCUT2D eigenvalue weighted by molar-refractivity contribution is 9.10. The monoisotopic (exact) mass is 368 g/mol. The van der Waals surface area contributed by atoms with Gasteiger partial charge in [-0.15, -0.1) is 0 Å². The Morgan fingerprint density at radius 2 is 2.10 bits per heavy atom. The second kappa shape index (κ2) is 6.12. The van der Waals surface area contributed by atoms with E-state index in [2.05, 4.69) is 26.2 Å². The van der Waals surface area contributed by atoms with Gasteiger partial charge in [-0.25, -0.2) is 4.98 Å². The molecule has 1 aromatic carbocycles. The molecule has 0 unspecified atom stereocenters. The predicted molar refractivity (Wildman–Crippen MR) is 86.4 cm³/mol. The number of aryl methyl sites for hydroxylation is 1. The summed E-state index contributed by atoms with van der Waals surface area (Å²) in [5, 5.41) is 3.85. The van der Waals surface area contributed by atoms with Crippen LogP contribution in [0.4, 0.5) is 5.69 Å². The standard InChI is InChI=1S/C15H14BrClN2O2/c1-9-12(2-3-14(17)19-9)18-8-10-6-11(16)15-13(7-10)20-4-5-21-15/h2-3,6-7,18H,4-5,8H2,1H3. The molecule has 2 heterocycles. The molecule has 0 fully saturated rings. The Morgan fingerprint density at radius 3 is 2.90 bits per heavy atom. The third-order valence-electron chi connectivity index (χ3n) is 3.19. The molecule has 0 saturated carbocycles. The van der Waals surface area contributed by atoms with Gasteiger partial charge in [-0.05, 0) is 52.7 Å². The van der Waals surface area contributed by atoms with Crippen LogP contribution >= 0.6 is 27.5 Å². The molecule has 1 aliphatic heterocycles. The van der Waals surface area contributed by atoms with Crippen molar-refractivity contribution in [2.75, 3.05) is 18.5 Å². The maximum atomic E-state index is 5.86. The lowest BCUT2D eigenvalue weighted by Crippen LogP contribution is -2.16. The number of benzene rings is 1. The van der Waals surface area contributed by atoms with Gasteiger partial charge in [0.15, 0.2) is 11.5 Å². The van der Waals surface area contributed by atoms with Crippen LogP contribution in [-0.2, 0) is 6.54 Å². The van der Waals surface area contributed by atoms with Crippen LogP contribution in [-0.4, -0.2) is 18.2 Å². The highest BCUT2D eigenvalue weighted by Gasteiger charge is 2.16. The number of nitrogens with one attached hydrogen (secondary N) is 1. The minimum absolute atomic E-state index is 0.500. The van der Waals surface area contributed by atoms with Crippen molar-refractivity contribution in [2.45, 2.75) is 13.5 Å². The van der Waals surface area contributed by atoms with Crippen molar-refractivity contribution in [1.29, 1.82) is 0 Å². The van der Waals surface area contributed by atoms with E-state index in [9.17, 15) is 0 Å². The Labute approximate surface area is 136 Å². The quantitative estimate of drug-likeness (QED) is 0.824. The summed E-state index contributed by atoms with van der Waals surface area (Å²) in [6.45, 7) is 3.75. The molecule has 1 N–H and O–H groups in total. The summed E-state index contributed by atoms with van der Waals surface area (Å²) in [7, 11) is 0. The van der Waals surface area contributed by atoms with E-state index in [1.54, 1.807) is 6.07 Å². The lowest BCUT2D eigenvalue weighted by atomic mass is 10.2. The molecule has 4 nitrogen and oxygen atoms in total. The van der Waals surface area contributed by atoms with Gasteiger partial charge in [-0.2, -0.15) is 0 Å². The zero-order valence-corrected chi connectivity index (χ0v) is 13.8. The Balaban J connectivity index is 1.77. The fourth-order valence-corrected chi connectivity index (χ4v) is 2.97. The molecule has 1 aliphatic rings. The fourth-order valence-electron chi connectivity index (χ4n) is 2.18. The van der Waals surface area contributed by atoms with Crippen molar-refractivity contribution in [1.82, 2.24) is 4.98 Å². The first-order valence-electron chi connectivity index (χ1n) is 6.58. The van der Waals surface area contributed by atoms with Crippen LogP contribution in [0.25, 0.3) is 0 Å². The van der Waals surface area contributed by atoms with Crippen LogP contribution < -0.4 is 14.8 Å². The van der Waals surface area contributed by atoms with Crippen molar-refractivity contribution in [3.63, 3.8) is 0 Å². The SMILES string of the molecule is Cc1nc(Cl)ccc1NCc1cc(Br)c2c(c1)OCCO2. The maximum absolute atomic E-state index is 5.86. The smallest absolute Gasteiger partial charge is 0.175 e. The second-order valence-electron chi connectivity index (χ2n) is 4.72. The third-order valence-corrected chi connectivity index (χ3v) is 3.99. The molecule has 0 atom stereocenters. The van der Waals surface area contributed by atoms with Crippen molar-refractivity contribution in [3.05, 3.63) is 45.1 Å². The van der Waals surface area contributed by atoms with Gasteiger partial charge in [0.1, 0.15) is 18.4 Å². The zero-order chi connectivity index (χ0) is 14.8. The number of aromatic nitrogens is 1. The maximum Gasteiger partial charge on any atom is 0.175 e. The average molecular weight is 370 g/mol. The molecule has 0 radical (unpaired) electrons. The Kier molecular flexibility index (Phi) is 4.22. The van der Waals surface area contributed by atoms with Crippen LogP contribution in [0.2, 0.25) is 5.15 Å². The number of fused-ring (bicyclic) bond motifs is 1.